The monoisotopic (exact) mass is 389 g/mol. The minimum absolute atomic E-state index is 0.0139. The van der Waals surface area contributed by atoms with E-state index in [1.54, 1.807) is 4.57 Å². The third-order valence-electron chi connectivity index (χ3n) is 5.11. The van der Waals surface area contributed by atoms with Crippen molar-refractivity contribution in [3.63, 3.8) is 0 Å². The number of hydrogen-bond acceptors (Lipinski definition) is 2. The van der Waals surface area contributed by atoms with Gasteiger partial charge in [0.2, 0.25) is 5.91 Å². The lowest BCUT2D eigenvalue weighted by atomic mass is 9.86. The second-order valence-corrected chi connectivity index (χ2v) is 7.08. The molecule has 5 nitrogen and oxygen atoms in total. The molecular weight excluding hydrogens is 371 g/mol. The summed E-state index contributed by atoms with van der Waals surface area (Å²) in [4.78, 5) is 27.2. The fourth-order valence-corrected chi connectivity index (χ4v) is 3.63. The summed E-state index contributed by atoms with van der Waals surface area (Å²) in [5.41, 5.74) is 1.24. The number of imidazole rings is 1. The Morgan fingerprint density at radius 1 is 1.11 bits per heavy atom. The summed E-state index contributed by atoms with van der Waals surface area (Å²) in [6.45, 7) is 0. The van der Waals surface area contributed by atoms with Crippen molar-refractivity contribution in [2.75, 3.05) is 0 Å². The number of rotatable bonds is 4. The van der Waals surface area contributed by atoms with Gasteiger partial charge in [0.1, 0.15) is 0 Å². The Kier molecular flexibility index (Phi) is 4.49. The number of nitrogens with zero attached hydrogens (tertiary/aromatic N) is 1. The molecule has 0 saturated heterocycles. The van der Waals surface area contributed by atoms with Crippen molar-refractivity contribution in [2.24, 2.45) is 0 Å². The van der Waals surface area contributed by atoms with Crippen molar-refractivity contribution in [3.8, 4) is 0 Å². The topological polar surface area (TPSA) is 66.9 Å². The molecule has 1 heterocycles. The van der Waals surface area contributed by atoms with Crippen molar-refractivity contribution in [2.45, 2.75) is 37.5 Å². The Balaban J connectivity index is 1.34. The number of fused-ring (bicyclic) bond motifs is 1. The first kappa shape index (κ1) is 18.3. The Labute approximate surface area is 158 Å². The maximum atomic E-state index is 12.6. The van der Waals surface area contributed by atoms with Crippen molar-refractivity contribution in [1.82, 2.24) is 14.9 Å². The van der Waals surface area contributed by atoms with Crippen LogP contribution < -0.4 is 11.0 Å². The summed E-state index contributed by atoms with van der Waals surface area (Å²) in [5.74, 6) is -0.241. The Morgan fingerprint density at radius 2 is 1.79 bits per heavy atom. The Morgan fingerprint density at radius 3 is 2.46 bits per heavy atom. The molecule has 1 amide bonds. The summed E-state index contributed by atoms with van der Waals surface area (Å²) < 4.78 is 39.5. The van der Waals surface area contributed by atoms with E-state index in [2.05, 4.69) is 10.3 Å². The van der Waals surface area contributed by atoms with Gasteiger partial charge in [0.15, 0.2) is 0 Å². The highest BCUT2D eigenvalue weighted by Gasteiger charge is 2.33. The Bertz CT molecular complexity index is 1060. The zero-order valence-electron chi connectivity index (χ0n) is 14.8. The molecule has 1 aliphatic carbocycles. The molecule has 0 radical (unpaired) electrons. The summed E-state index contributed by atoms with van der Waals surface area (Å²) in [5, 5.41) is 2.88. The molecule has 1 aliphatic rings. The van der Waals surface area contributed by atoms with Crippen LogP contribution in [0.5, 0.6) is 0 Å². The molecule has 28 heavy (non-hydrogen) atoms. The van der Waals surface area contributed by atoms with Crippen LogP contribution in [0.1, 0.15) is 30.0 Å². The van der Waals surface area contributed by atoms with E-state index < -0.39 is 11.7 Å². The molecule has 0 unspecified atom stereocenters. The molecule has 0 aliphatic heterocycles. The fourth-order valence-electron chi connectivity index (χ4n) is 3.63. The van der Waals surface area contributed by atoms with Crippen LogP contribution in [0.15, 0.2) is 53.3 Å². The normalized spacial score (nSPS) is 19.4. The number of H-pyrrole nitrogens is 1. The van der Waals surface area contributed by atoms with Gasteiger partial charge in [-0.25, -0.2) is 4.79 Å². The van der Waals surface area contributed by atoms with E-state index >= 15 is 0 Å². The predicted octanol–water partition coefficient (Wildman–Crippen LogP) is 3.41. The first-order valence-corrected chi connectivity index (χ1v) is 8.96. The van der Waals surface area contributed by atoms with Gasteiger partial charge in [0.25, 0.3) is 0 Å². The fraction of sp³-hybridized carbons (Fsp3) is 0.300. The SMILES string of the molecule is O=C(Cc1ccc(C(F)(F)F)cc1)N[C@H]1C[C@H](n2c(=O)[nH]c3ccccc32)C1. The molecule has 3 aromatic rings. The molecule has 4 rings (SSSR count). The van der Waals surface area contributed by atoms with E-state index in [4.69, 9.17) is 0 Å². The summed E-state index contributed by atoms with van der Waals surface area (Å²) in [6.07, 6.45) is -3.09. The lowest BCUT2D eigenvalue weighted by molar-refractivity contribution is -0.137. The largest absolute Gasteiger partial charge is 0.416 e. The van der Waals surface area contributed by atoms with Crippen LogP contribution in [-0.4, -0.2) is 21.5 Å². The number of alkyl halides is 3. The molecule has 8 heteroatoms. The number of hydrogen-bond donors (Lipinski definition) is 2. The molecule has 0 atom stereocenters. The average molecular weight is 389 g/mol. The van der Waals surface area contributed by atoms with Crippen molar-refractivity contribution >= 4 is 16.9 Å². The zero-order chi connectivity index (χ0) is 19.9. The first-order valence-electron chi connectivity index (χ1n) is 8.96. The van der Waals surface area contributed by atoms with E-state index in [1.807, 2.05) is 24.3 Å². The number of carbonyl (C=O) groups excluding carboxylic acids is 1. The van der Waals surface area contributed by atoms with Gasteiger partial charge in [-0.3, -0.25) is 9.36 Å². The lowest BCUT2D eigenvalue weighted by Gasteiger charge is -2.36. The maximum Gasteiger partial charge on any atom is 0.416 e. The van der Waals surface area contributed by atoms with Crippen LogP contribution in [0, 0.1) is 0 Å². The number of nitrogens with one attached hydrogen (secondary N) is 2. The number of aromatic nitrogens is 2. The van der Waals surface area contributed by atoms with Gasteiger partial charge >= 0.3 is 11.9 Å². The average Bonchev–Trinajstić information content (AvgIpc) is 2.93. The van der Waals surface area contributed by atoms with Crippen molar-refractivity contribution < 1.29 is 18.0 Å². The molecule has 1 fully saturated rings. The van der Waals surface area contributed by atoms with Gasteiger partial charge in [0, 0.05) is 12.1 Å². The Hall–Kier alpha value is -3.03. The van der Waals surface area contributed by atoms with Gasteiger partial charge in [0.05, 0.1) is 23.0 Å². The van der Waals surface area contributed by atoms with Gasteiger partial charge in [-0.15, -0.1) is 0 Å². The maximum absolute atomic E-state index is 12.6. The second kappa shape index (κ2) is 6.85. The molecule has 146 valence electrons. The van der Waals surface area contributed by atoms with Gasteiger partial charge in [-0.2, -0.15) is 13.2 Å². The predicted molar refractivity (Wildman–Crippen MR) is 97.9 cm³/mol. The minimum Gasteiger partial charge on any atom is -0.353 e. The number of amides is 1. The highest BCUT2D eigenvalue weighted by molar-refractivity contribution is 5.79. The molecule has 2 N–H and O–H groups in total. The van der Waals surface area contributed by atoms with Crippen LogP contribution in [0.25, 0.3) is 11.0 Å². The molecule has 1 aromatic heterocycles. The highest BCUT2D eigenvalue weighted by atomic mass is 19.4. The highest BCUT2D eigenvalue weighted by Crippen LogP contribution is 2.33. The molecule has 0 spiro atoms. The van der Waals surface area contributed by atoms with Crippen LogP contribution >= 0.6 is 0 Å². The minimum atomic E-state index is -4.39. The summed E-state index contributed by atoms with van der Waals surface area (Å²) >= 11 is 0. The van der Waals surface area contributed by atoms with Crippen molar-refractivity contribution in [3.05, 3.63) is 70.1 Å². The van der Waals surface area contributed by atoms with E-state index in [0.29, 0.717) is 18.4 Å². The molecule has 1 saturated carbocycles. The smallest absolute Gasteiger partial charge is 0.353 e. The first-order chi connectivity index (χ1) is 13.3. The molecular formula is C20H18F3N3O2. The number of benzene rings is 2. The van der Waals surface area contributed by atoms with Gasteiger partial charge in [-0.1, -0.05) is 24.3 Å². The van der Waals surface area contributed by atoms with Gasteiger partial charge < -0.3 is 10.3 Å². The van der Waals surface area contributed by atoms with E-state index in [-0.39, 0.29) is 30.1 Å². The number of aromatic amines is 1. The molecule has 2 aromatic carbocycles. The van der Waals surface area contributed by atoms with Gasteiger partial charge in [-0.05, 0) is 42.7 Å². The quantitative estimate of drug-likeness (QED) is 0.718. The van der Waals surface area contributed by atoms with Crippen LogP contribution in [0.4, 0.5) is 13.2 Å². The number of carbonyl (C=O) groups is 1. The van der Waals surface area contributed by atoms with Crippen LogP contribution in [-0.2, 0) is 17.4 Å². The lowest BCUT2D eigenvalue weighted by Crippen LogP contribution is -2.47. The van der Waals surface area contributed by atoms with Crippen molar-refractivity contribution in [1.29, 1.82) is 0 Å². The standard InChI is InChI=1S/C20H18F3N3O2/c21-20(22,23)13-7-5-12(6-8-13)9-18(27)24-14-10-15(11-14)26-17-4-2-1-3-16(17)25-19(26)28/h1-8,14-15H,9-11H2,(H,24,27)(H,25,28)/t14-,15-. The van der Waals surface area contributed by atoms with Crippen LogP contribution in [0.3, 0.4) is 0 Å². The zero-order valence-corrected chi connectivity index (χ0v) is 14.8. The number of halogens is 3. The van der Waals surface area contributed by atoms with E-state index in [1.165, 1.54) is 12.1 Å². The van der Waals surface area contributed by atoms with E-state index in [9.17, 15) is 22.8 Å². The van der Waals surface area contributed by atoms with E-state index in [0.717, 1.165) is 23.2 Å². The molecule has 0 bridgehead atoms. The third-order valence-corrected chi connectivity index (χ3v) is 5.11. The van der Waals surface area contributed by atoms with Crippen LogP contribution in [0.2, 0.25) is 0 Å². The summed E-state index contributed by atoms with van der Waals surface area (Å²) in [7, 11) is 0. The second-order valence-electron chi connectivity index (χ2n) is 7.08. The third kappa shape index (κ3) is 3.54. The summed E-state index contributed by atoms with van der Waals surface area (Å²) in [6, 6.07) is 12.0. The number of para-hydroxylation sites is 2.